The first kappa shape index (κ1) is 15.9. The lowest BCUT2D eigenvalue weighted by Gasteiger charge is -2.36. The third-order valence-electron chi connectivity index (χ3n) is 3.81. The maximum Gasteiger partial charge on any atom is 0.328 e. The zero-order valence-electron chi connectivity index (χ0n) is 11.7. The van der Waals surface area contributed by atoms with Crippen molar-refractivity contribution in [2.24, 2.45) is 0 Å². The summed E-state index contributed by atoms with van der Waals surface area (Å²) >= 11 is 0. The van der Waals surface area contributed by atoms with Gasteiger partial charge < -0.3 is 20.5 Å². The predicted molar refractivity (Wildman–Crippen MR) is 70.9 cm³/mol. The van der Waals surface area contributed by atoms with Crippen LogP contribution in [0.1, 0.15) is 38.5 Å². The van der Waals surface area contributed by atoms with Crippen LogP contribution in [0.25, 0.3) is 0 Å². The van der Waals surface area contributed by atoms with Gasteiger partial charge in [-0.3, -0.25) is 4.79 Å². The van der Waals surface area contributed by atoms with Gasteiger partial charge in [0.1, 0.15) is 0 Å². The molecular formula is C13H24N2O4. The number of methoxy groups -OCH3 is 1. The van der Waals surface area contributed by atoms with E-state index in [1.54, 1.807) is 0 Å². The van der Waals surface area contributed by atoms with Crippen LogP contribution in [0.15, 0.2) is 0 Å². The molecule has 0 spiro atoms. The number of nitrogens with one attached hydrogen (secondary N) is 2. The van der Waals surface area contributed by atoms with E-state index >= 15 is 0 Å². The number of ether oxygens (including phenoxy) is 1. The van der Waals surface area contributed by atoms with Gasteiger partial charge in [-0.1, -0.05) is 19.3 Å². The Morgan fingerprint density at radius 1 is 1.32 bits per heavy atom. The van der Waals surface area contributed by atoms with Gasteiger partial charge in [-0.25, -0.2) is 4.79 Å². The van der Waals surface area contributed by atoms with Gasteiger partial charge in [0.2, 0.25) is 5.91 Å². The number of carbonyl (C=O) groups is 2. The summed E-state index contributed by atoms with van der Waals surface area (Å²) in [6.07, 6.45) is 5.64. The molecule has 6 nitrogen and oxygen atoms in total. The molecule has 0 heterocycles. The number of carboxylic acids is 1. The van der Waals surface area contributed by atoms with Crippen molar-refractivity contribution in [3.8, 4) is 0 Å². The first-order chi connectivity index (χ1) is 9.03. The molecule has 19 heavy (non-hydrogen) atoms. The second-order valence-electron chi connectivity index (χ2n) is 5.18. The van der Waals surface area contributed by atoms with Gasteiger partial charge in [-0.2, -0.15) is 0 Å². The van der Waals surface area contributed by atoms with E-state index in [1.807, 2.05) is 7.05 Å². The third-order valence-corrected chi connectivity index (χ3v) is 3.81. The molecule has 1 amide bonds. The van der Waals surface area contributed by atoms with Crippen LogP contribution in [-0.4, -0.2) is 49.3 Å². The molecule has 0 aromatic carbocycles. The number of aliphatic carboxylic acids is 1. The average Bonchev–Trinajstić information content (AvgIpc) is 2.39. The summed E-state index contributed by atoms with van der Waals surface area (Å²) < 4.78 is 4.80. The van der Waals surface area contributed by atoms with Crippen LogP contribution >= 0.6 is 0 Å². The SMILES string of the molecule is CNC1(CC(=O)NC(COC)C(=O)O)CCCCC1. The number of rotatable bonds is 7. The third kappa shape index (κ3) is 4.80. The summed E-state index contributed by atoms with van der Waals surface area (Å²) in [6.45, 7) is -0.0202. The quantitative estimate of drug-likeness (QED) is 0.628. The Labute approximate surface area is 113 Å². The van der Waals surface area contributed by atoms with Crippen molar-refractivity contribution in [2.75, 3.05) is 20.8 Å². The van der Waals surface area contributed by atoms with Gasteiger partial charge in [0, 0.05) is 19.1 Å². The van der Waals surface area contributed by atoms with E-state index in [9.17, 15) is 9.59 Å². The first-order valence-corrected chi connectivity index (χ1v) is 6.73. The highest BCUT2D eigenvalue weighted by Gasteiger charge is 2.33. The molecule has 1 saturated carbocycles. The summed E-state index contributed by atoms with van der Waals surface area (Å²) in [4.78, 5) is 23.0. The summed E-state index contributed by atoms with van der Waals surface area (Å²) in [5.74, 6) is -1.31. The molecule has 1 aliphatic rings. The molecule has 0 saturated heterocycles. The number of hydrogen-bond acceptors (Lipinski definition) is 4. The zero-order valence-corrected chi connectivity index (χ0v) is 11.7. The van der Waals surface area contributed by atoms with Crippen molar-refractivity contribution in [1.82, 2.24) is 10.6 Å². The van der Waals surface area contributed by atoms with E-state index in [4.69, 9.17) is 9.84 Å². The number of amides is 1. The molecule has 1 rings (SSSR count). The van der Waals surface area contributed by atoms with Crippen LogP contribution in [0.5, 0.6) is 0 Å². The van der Waals surface area contributed by atoms with Crippen LogP contribution in [0.4, 0.5) is 0 Å². The largest absolute Gasteiger partial charge is 0.480 e. The van der Waals surface area contributed by atoms with E-state index < -0.39 is 12.0 Å². The molecule has 0 aromatic heterocycles. The van der Waals surface area contributed by atoms with Crippen LogP contribution in [0.2, 0.25) is 0 Å². The van der Waals surface area contributed by atoms with Gasteiger partial charge in [0.05, 0.1) is 6.61 Å². The summed E-state index contributed by atoms with van der Waals surface area (Å²) in [5, 5.41) is 14.7. The number of carboxylic acid groups (broad SMARTS) is 1. The Balaban J connectivity index is 2.54. The first-order valence-electron chi connectivity index (χ1n) is 6.73. The van der Waals surface area contributed by atoms with Gasteiger partial charge in [0.25, 0.3) is 0 Å². The maximum atomic E-state index is 12.0. The molecule has 6 heteroatoms. The lowest BCUT2D eigenvalue weighted by Crippen LogP contribution is -2.51. The topological polar surface area (TPSA) is 87.7 Å². The van der Waals surface area contributed by atoms with E-state index in [-0.39, 0.29) is 18.1 Å². The Hall–Kier alpha value is -1.14. The van der Waals surface area contributed by atoms with Crippen LogP contribution < -0.4 is 10.6 Å². The zero-order chi connectivity index (χ0) is 14.3. The van der Waals surface area contributed by atoms with Gasteiger partial charge in [-0.15, -0.1) is 0 Å². The molecule has 3 N–H and O–H groups in total. The average molecular weight is 272 g/mol. The summed E-state index contributed by atoms with van der Waals surface area (Å²) in [6, 6.07) is -0.977. The van der Waals surface area contributed by atoms with Crippen molar-refractivity contribution in [1.29, 1.82) is 0 Å². The normalized spacial score (nSPS) is 19.7. The van der Waals surface area contributed by atoms with E-state index in [2.05, 4.69) is 10.6 Å². The minimum Gasteiger partial charge on any atom is -0.480 e. The van der Waals surface area contributed by atoms with Gasteiger partial charge >= 0.3 is 5.97 Å². The fourth-order valence-corrected chi connectivity index (χ4v) is 2.64. The molecule has 0 radical (unpaired) electrons. The van der Waals surface area contributed by atoms with E-state index in [0.717, 1.165) is 25.7 Å². The molecule has 110 valence electrons. The van der Waals surface area contributed by atoms with Crippen molar-refractivity contribution < 1.29 is 19.4 Å². The predicted octanol–water partition coefficient (Wildman–Crippen LogP) is 0.515. The van der Waals surface area contributed by atoms with Crippen LogP contribution in [0.3, 0.4) is 0 Å². The monoisotopic (exact) mass is 272 g/mol. The minimum atomic E-state index is -1.07. The number of hydrogen-bond donors (Lipinski definition) is 3. The molecular weight excluding hydrogens is 248 g/mol. The molecule has 1 unspecified atom stereocenters. The molecule has 0 aliphatic heterocycles. The van der Waals surface area contributed by atoms with Crippen molar-refractivity contribution in [3.05, 3.63) is 0 Å². The second kappa shape index (κ2) is 7.45. The number of carbonyl (C=O) groups excluding carboxylic acids is 1. The molecule has 0 bridgehead atoms. The van der Waals surface area contributed by atoms with E-state index in [1.165, 1.54) is 13.5 Å². The standard InChI is InChI=1S/C13H24N2O4/c1-14-13(6-4-3-5-7-13)8-11(16)15-10(9-19-2)12(17)18/h10,14H,3-9H2,1-2H3,(H,15,16)(H,17,18). The Kier molecular flexibility index (Phi) is 6.24. The van der Waals surface area contributed by atoms with Gasteiger partial charge in [-0.05, 0) is 19.9 Å². The lowest BCUT2D eigenvalue weighted by molar-refractivity contribution is -0.143. The Morgan fingerprint density at radius 2 is 1.95 bits per heavy atom. The van der Waals surface area contributed by atoms with Crippen LogP contribution in [0, 0.1) is 0 Å². The highest BCUT2D eigenvalue weighted by Crippen LogP contribution is 2.30. The Bertz CT molecular complexity index is 314. The van der Waals surface area contributed by atoms with Gasteiger partial charge in [0.15, 0.2) is 6.04 Å². The fraction of sp³-hybridized carbons (Fsp3) is 0.846. The highest BCUT2D eigenvalue weighted by molar-refractivity contribution is 5.84. The summed E-state index contributed by atoms with van der Waals surface area (Å²) in [5.41, 5.74) is -0.182. The molecule has 1 aliphatic carbocycles. The Morgan fingerprint density at radius 3 is 2.42 bits per heavy atom. The van der Waals surface area contributed by atoms with Crippen molar-refractivity contribution >= 4 is 11.9 Å². The van der Waals surface area contributed by atoms with Crippen molar-refractivity contribution in [3.63, 3.8) is 0 Å². The fourth-order valence-electron chi connectivity index (χ4n) is 2.64. The molecule has 0 aromatic rings. The maximum absolute atomic E-state index is 12.0. The lowest BCUT2D eigenvalue weighted by atomic mass is 9.79. The smallest absolute Gasteiger partial charge is 0.328 e. The second-order valence-corrected chi connectivity index (χ2v) is 5.18. The van der Waals surface area contributed by atoms with E-state index in [0.29, 0.717) is 6.42 Å². The molecule has 1 fully saturated rings. The highest BCUT2D eigenvalue weighted by atomic mass is 16.5. The summed E-state index contributed by atoms with van der Waals surface area (Å²) in [7, 11) is 3.28. The van der Waals surface area contributed by atoms with Crippen LogP contribution in [-0.2, 0) is 14.3 Å². The molecule has 1 atom stereocenters. The van der Waals surface area contributed by atoms with Crippen molar-refractivity contribution in [2.45, 2.75) is 50.1 Å². The minimum absolute atomic E-state index is 0.0202.